The molecule has 1 amide bonds. The predicted molar refractivity (Wildman–Crippen MR) is 70.8 cm³/mol. The first kappa shape index (κ1) is 14.7. The summed E-state index contributed by atoms with van der Waals surface area (Å²) < 4.78 is 5.01. The van der Waals surface area contributed by atoms with Crippen molar-refractivity contribution in [1.29, 1.82) is 0 Å². The number of aromatic carboxylic acids is 1. The van der Waals surface area contributed by atoms with Gasteiger partial charge in [0.1, 0.15) is 5.69 Å². The average molecular weight is 293 g/mol. The van der Waals surface area contributed by atoms with Gasteiger partial charge in [-0.1, -0.05) is 12.1 Å². The summed E-state index contributed by atoms with van der Waals surface area (Å²) in [5.74, 6) is -0.256. The van der Waals surface area contributed by atoms with Gasteiger partial charge >= 0.3 is 5.97 Å². The molecule has 0 saturated carbocycles. The maximum absolute atomic E-state index is 11.7. The highest BCUT2D eigenvalue weighted by molar-refractivity contribution is 5.92. The molecule has 0 aliphatic carbocycles. The van der Waals surface area contributed by atoms with Crippen LogP contribution in [0.3, 0.4) is 0 Å². The summed E-state index contributed by atoms with van der Waals surface area (Å²) in [7, 11) is 0. The molecule has 0 aliphatic rings. The number of carboxylic acids is 1. The van der Waals surface area contributed by atoms with Crippen LogP contribution >= 0.6 is 0 Å². The first-order valence-corrected chi connectivity index (χ1v) is 6.48. The van der Waals surface area contributed by atoms with E-state index in [1.54, 1.807) is 0 Å². The Hall–Kier alpha value is -2.71. The second kappa shape index (κ2) is 6.64. The molecule has 2 rings (SSSR count). The second-order valence-electron chi connectivity index (χ2n) is 4.37. The minimum atomic E-state index is -1.14. The van der Waals surface area contributed by atoms with Crippen LogP contribution in [0.5, 0.6) is 0 Å². The summed E-state index contributed by atoms with van der Waals surface area (Å²) in [6.45, 7) is 2.01. The summed E-state index contributed by atoms with van der Waals surface area (Å²) in [5.41, 5.74) is -0.0913. The van der Waals surface area contributed by atoms with Gasteiger partial charge in [-0.2, -0.15) is 10.1 Å². The van der Waals surface area contributed by atoms with E-state index < -0.39 is 5.97 Å². The topological polar surface area (TPSA) is 134 Å². The lowest BCUT2D eigenvalue weighted by molar-refractivity contribution is -0.116. The fourth-order valence-corrected chi connectivity index (χ4v) is 1.64. The third kappa shape index (κ3) is 4.13. The summed E-state index contributed by atoms with van der Waals surface area (Å²) in [5, 5.41) is 21.0. The molecule has 9 heteroatoms. The van der Waals surface area contributed by atoms with Gasteiger partial charge in [-0.15, -0.1) is 0 Å². The first-order valence-electron chi connectivity index (χ1n) is 6.48. The predicted octanol–water partition coefficient (Wildman–Crippen LogP) is 1.01. The van der Waals surface area contributed by atoms with E-state index in [1.165, 1.54) is 6.07 Å². The lowest BCUT2D eigenvalue weighted by atomic mass is 10.3. The molecule has 3 N–H and O–H groups in total. The van der Waals surface area contributed by atoms with E-state index >= 15 is 0 Å². The van der Waals surface area contributed by atoms with Gasteiger partial charge in [0.05, 0.1) is 0 Å². The van der Waals surface area contributed by atoms with Crippen molar-refractivity contribution in [1.82, 2.24) is 20.3 Å². The maximum Gasteiger partial charge on any atom is 0.353 e. The molecular weight excluding hydrogens is 278 g/mol. The van der Waals surface area contributed by atoms with Gasteiger partial charge in [0.25, 0.3) is 0 Å². The van der Waals surface area contributed by atoms with Crippen molar-refractivity contribution in [2.75, 3.05) is 5.32 Å². The number of carbonyl (C=O) groups is 2. The number of anilines is 1. The van der Waals surface area contributed by atoms with Crippen molar-refractivity contribution >= 4 is 17.7 Å². The van der Waals surface area contributed by atoms with Crippen molar-refractivity contribution < 1.29 is 19.2 Å². The van der Waals surface area contributed by atoms with Crippen LogP contribution in [0.2, 0.25) is 0 Å². The Morgan fingerprint density at radius 2 is 2.24 bits per heavy atom. The lowest BCUT2D eigenvalue weighted by Crippen LogP contribution is -2.12. The Balaban J connectivity index is 1.82. The molecule has 0 radical (unpaired) electrons. The molecule has 0 aromatic carbocycles. The summed E-state index contributed by atoms with van der Waals surface area (Å²) in [6, 6.07) is 1.24. The Labute approximate surface area is 119 Å². The fraction of sp³-hybridized carbons (Fsp3) is 0.417. The summed E-state index contributed by atoms with van der Waals surface area (Å²) >= 11 is 0. The molecule has 2 aromatic rings. The highest BCUT2D eigenvalue weighted by Gasteiger charge is 2.12. The average Bonchev–Trinajstić information content (AvgIpc) is 3.06. The number of hydrogen-bond acceptors (Lipinski definition) is 6. The van der Waals surface area contributed by atoms with Crippen molar-refractivity contribution in [3.63, 3.8) is 0 Å². The zero-order valence-electron chi connectivity index (χ0n) is 11.4. The number of carboxylic acid groups (broad SMARTS) is 1. The number of nitrogens with zero attached hydrogens (tertiary/aromatic N) is 3. The smallest absolute Gasteiger partial charge is 0.353 e. The van der Waals surface area contributed by atoms with Crippen LogP contribution in [0, 0.1) is 0 Å². The number of aryl methyl sites for hydroxylation is 2. The SMILES string of the molecule is CCCc1noc(CCC(=O)Nc2cc(C(=O)O)[nH]n2)n1. The quantitative estimate of drug-likeness (QED) is 0.693. The molecule has 9 nitrogen and oxygen atoms in total. The van der Waals surface area contributed by atoms with Gasteiger partial charge < -0.3 is 14.9 Å². The van der Waals surface area contributed by atoms with Gasteiger partial charge in [0.15, 0.2) is 11.6 Å². The molecule has 0 saturated heterocycles. The van der Waals surface area contributed by atoms with Gasteiger partial charge in [-0.05, 0) is 6.42 Å². The molecule has 112 valence electrons. The molecule has 0 atom stereocenters. The maximum atomic E-state index is 11.7. The monoisotopic (exact) mass is 293 g/mol. The van der Waals surface area contributed by atoms with Crippen molar-refractivity contribution in [2.45, 2.75) is 32.6 Å². The number of amides is 1. The Morgan fingerprint density at radius 3 is 2.90 bits per heavy atom. The second-order valence-corrected chi connectivity index (χ2v) is 4.37. The van der Waals surface area contributed by atoms with Gasteiger partial charge in [0.2, 0.25) is 11.8 Å². The zero-order chi connectivity index (χ0) is 15.2. The minimum Gasteiger partial charge on any atom is -0.477 e. The molecule has 0 unspecified atom stereocenters. The van der Waals surface area contributed by atoms with Crippen molar-refractivity contribution in [3.8, 4) is 0 Å². The highest BCUT2D eigenvalue weighted by Crippen LogP contribution is 2.07. The van der Waals surface area contributed by atoms with E-state index in [2.05, 4.69) is 25.7 Å². The number of nitrogens with one attached hydrogen (secondary N) is 2. The molecule has 0 fully saturated rings. The first-order chi connectivity index (χ1) is 10.1. The minimum absolute atomic E-state index is 0.0913. The van der Waals surface area contributed by atoms with E-state index in [1.807, 2.05) is 6.92 Å². The molecule has 2 aromatic heterocycles. The zero-order valence-corrected chi connectivity index (χ0v) is 11.4. The van der Waals surface area contributed by atoms with Gasteiger partial charge in [0, 0.05) is 25.3 Å². The molecule has 0 spiro atoms. The van der Waals surface area contributed by atoms with Crippen LogP contribution in [-0.4, -0.2) is 37.3 Å². The number of aromatic amines is 1. The Morgan fingerprint density at radius 1 is 1.43 bits per heavy atom. The van der Waals surface area contributed by atoms with E-state index in [4.69, 9.17) is 9.63 Å². The normalized spacial score (nSPS) is 10.5. The van der Waals surface area contributed by atoms with Crippen LogP contribution in [0.15, 0.2) is 10.6 Å². The standard InChI is InChI=1S/C12H15N5O4/c1-2-3-8-14-11(21-17-8)5-4-10(18)13-9-6-7(12(19)20)15-16-9/h6H,2-5H2,1H3,(H,19,20)(H2,13,15,16,18). The number of carbonyl (C=O) groups excluding carboxylic acids is 1. The number of rotatable bonds is 7. The third-order valence-corrected chi connectivity index (χ3v) is 2.63. The molecule has 21 heavy (non-hydrogen) atoms. The largest absolute Gasteiger partial charge is 0.477 e. The molecular formula is C12H15N5O4. The van der Waals surface area contributed by atoms with Crippen LogP contribution < -0.4 is 5.32 Å². The van der Waals surface area contributed by atoms with Crippen molar-refractivity contribution in [2.24, 2.45) is 0 Å². The van der Waals surface area contributed by atoms with E-state index in [9.17, 15) is 9.59 Å². The van der Waals surface area contributed by atoms with Crippen LogP contribution in [0.25, 0.3) is 0 Å². The van der Waals surface area contributed by atoms with E-state index in [0.29, 0.717) is 18.1 Å². The third-order valence-electron chi connectivity index (χ3n) is 2.63. The van der Waals surface area contributed by atoms with Crippen LogP contribution in [-0.2, 0) is 17.6 Å². The van der Waals surface area contributed by atoms with E-state index in [-0.39, 0.29) is 23.8 Å². The highest BCUT2D eigenvalue weighted by atomic mass is 16.5. The number of aromatic nitrogens is 4. The summed E-state index contributed by atoms with van der Waals surface area (Å²) in [6.07, 6.45) is 2.12. The Bertz CT molecular complexity index is 633. The van der Waals surface area contributed by atoms with E-state index in [0.717, 1.165) is 12.8 Å². The molecule has 0 aliphatic heterocycles. The molecule has 2 heterocycles. The van der Waals surface area contributed by atoms with Gasteiger partial charge in [-0.3, -0.25) is 9.89 Å². The Kier molecular flexibility index (Phi) is 4.64. The summed E-state index contributed by atoms with van der Waals surface area (Å²) in [4.78, 5) is 26.5. The lowest BCUT2D eigenvalue weighted by Gasteiger charge is -1.98. The van der Waals surface area contributed by atoms with Crippen LogP contribution in [0.1, 0.15) is 42.0 Å². The van der Waals surface area contributed by atoms with Gasteiger partial charge in [-0.25, -0.2) is 4.79 Å². The fourth-order valence-electron chi connectivity index (χ4n) is 1.64. The number of H-pyrrole nitrogens is 1. The van der Waals surface area contributed by atoms with Crippen LogP contribution in [0.4, 0.5) is 5.82 Å². The molecule has 0 bridgehead atoms. The van der Waals surface area contributed by atoms with Crippen molar-refractivity contribution in [3.05, 3.63) is 23.5 Å². The number of hydrogen-bond donors (Lipinski definition) is 3.